The van der Waals surface area contributed by atoms with Crippen LogP contribution in [-0.4, -0.2) is 29.6 Å². The Morgan fingerprint density at radius 2 is 2.35 bits per heavy atom. The molecule has 108 valence electrons. The highest BCUT2D eigenvalue weighted by Crippen LogP contribution is 2.32. The number of carbonyl (C=O) groups excluding carboxylic acids is 1. The third-order valence-electron chi connectivity index (χ3n) is 3.92. The maximum absolute atomic E-state index is 12.4. The van der Waals surface area contributed by atoms with Gasteiger partial charge in [0.2, 0.25) is 5.91 Å². The number of amides is 1. The van der Waals surface area contributed by atoms with Crippen molar-refractivity contribution in [1.82, 2.24) is 4.90 Å². The van der Waals surface area contributed by atoms with Crippen molar-refractivity contribution >= 4 is 17.2 Å². The minimum absolute atomic E-state index is 0.120. The van der Waals surface area contributed by atoms with E-state index in [-0.39, 0.29) is 18.4 Å². The van der Waals surface area contributed by atoms with E-state index in [9.17, 15) is 4.79 Å². The Morgan fingerprint density at radius 3 is 3.00 bits per heavy atom. The molecule has 2 atom stereocenters. The van der Waals surface area contributed by atoms with Crippen LogP contribution in [0.5, 0.6) is 0 Å². The van der Waals surface area contributed by atoms with Crippen LogP contribution in [-0.2, 0) is 11.3 Å². The molecule has 2 rings (SSSR count). The summed E-state index contributed by atoms with van der Waals surface area (Å²) in [4.78, 5) is 15.2. The van der Waals surface area contributed by atoms with Crippen molar-refractivity contribution in [2.24, 2.45) is 11.8 Å². The van der Waals surface area contributed by atoms with Crippen molar-refractivity contribution in [3.63, 3.8) is 0 Å². The largest absolute Gasteiger partial charge is 0.384 e. The first-order chi connectivity index (χ1) is 9.61. The third-order valence-corrected chi connectivity index (χ3v) is 4.81. The SMILES string of the molecule is CC1CCCC1C(=O)N(C)Cc1csc(C#CCO)c1. The molecule has 1 aliphatic carbocycles. The number of nitrogens with zero attached hydrogens (tertiary/aromatic N) is 1. The minimum atomic E-state index is -0.120. The van der Waals surface area contributed by atoms with E-state index in [0.717, 1.165) is 16.9 Å². The van der Waals surface area contributed by atoms with Crippen molar-refractivity contribution in [2.45, 2.75) is 32.7 Å². The monoisotopic (exact) mass is 291 g/mol. The van der Waals surface area contributed by atoms with Gasteiger partial charge in [-0.2, -0.15) is 0 Å². The van der Waals surface area contributed by atoms with Crippen LogP contribution in [0.2, 0.25) is 0 Å². The van der Waals surface area contributed by atoms with Crippen molar-refractivity contribution in [3.8, 4) is 11.8 Å². The molecule has 1 aliphatic rings. The van der Waals surface area contributed by atoms with Crippen LogP contribution in [0.3, 0.4) is 0 Å². The summed E-state index contributed by atoms with van der Waals surface area (Å²) < 4.78 is 0. The van der Waals surface area contributed by atoms with Crippen LogP contribution < -0.4 is 0 Å². The van der Waals surface area contributed by atoms with E-state index >= 15 is 0 Å². The third kappa shape index (κ3) is 3.62. The molecule has 0 aliphatic heterocycles. The van der Waals surface area contributed by atoms with Gasteiger partial charge < -0.3 is 10.0 Å². The van der Waals surface area contributed by atoms with Gasteiger partial charge in [-0.3, -0.25) is 4.79 Å². The van der Waals surface area contributed by atoms with E-state index in [1.165, 1.54) is 12.8 Å². The van der Waals surface area contributed by atoms with Crippen LogP contribution in [0, 0.1) is 23.7 Å². The lowest BCUT2D eigenvalue weighted by Crippen LogP contribution is -2.33. The second-order valence-electron chi connectivity index (χ2n) is 5.49. The predicted octanol–water partition coefficient (Wildman–Crippen LogP) is 2.49. The number of rotatable bonds is 3. The zero-order valence-corrected chi connectivity index (χ0v) is 12.9. The average Bonchev–Trinajstić information content (AvgIpc) is 3.04. The fourth-order valence-electron chi connectivity index (χ4n) is 2.80. The fraction of sp³-hybridized carbons (Fsp3) is 0.562. The van der Waals surface area contributed by atoms with Gasteiger partial charge >= 0.3 is 0 Å². The molecule has 0 aromatic carbocycles. The quantitative estimate of drug-likeness (QED) is 0.869. The lowest BCUT2D eigenvalue weighted by Gasteiger charge is -2.23. The molecule has 1 amide bonds. The zero-order valence-electron chi connectivity index (χ0n) is 12.1. The summed E-state index contributed by atoms with van der Waals surface area (Å²) in [5.74, 6) is 6.52. The molecule has 1 heterocycles. The molecular formula is C16H21NO2S. The smallest absolute Gasteiger partial charge is 0.225 e. The molecular weight excluding hydrogens is 270 g/mol. The van der Waals surface area contributed by atoms with Crippen molar-refractivity contribution in [3.05, 3.63) is 21.9 Å². The summed E-state index contributed by atoms with van der Waals surface area (Å²) >= 11 is 1.55. The molecule has 0 spiro atoms. The van der Waals surface area contributed by atoms with Gasteiger partial charge in [0.25, 0.3) is 0 Å². The van der Waals surface area contributed by atoms with E-state index in [1.54, 1.807) is 11.3 Å². The van der Waals surface area contributed by atoms with E-state index in [2.05, 4.69) is 18.8 Å². The maximum atomic E-state index is 12.4. The van der Waals surface area contributed by atoms with Crippen LogP contribution in [0.25, 0.3) is 0 Å². The molecule has 0 saturated heterocycles. The fourth-order valence-corrected chi connectivity index (χ4v) is 3.57. The van der Waals surface area contributed by atoms with E-state index in [1.807, 2.05) is 23.4 Å². The Bertz CT molecular complexity index is 526. The van der Waals surface area contributed by atoms with Gasteiger partial charge in [0, 0.05) is 19.5 Å². The standard InChI is InChI=1S/C16H21NO2S/c1-12-5-3-7-15(12)16(19)17(2)10-13-9-14(20-11-13)6-4-8-18/h9,11-12,15,18H,3,5,7-8,10H2,1-2H3. The second kappa shape index (κ2) is 6.92. The minimum Gasteiger partial charge on any atom is -0.384 e. The average molecular weight is 291 g/mol. The van der Waals surface area contributed by atoms with Gasteiger partial charge in [-0.1, -0.05) is 25.2 Å². The van der Waals surface area contributed by atoms with Crippen molar-refractivity contribution in [1.29, 1.82) is 0 Å². The van der Waals surface area contributed by atoms with E-state index < -0.39 is 0 Å². The highest BCUT2D eigenvalue weighted by atomic mass is 32.1. The lowest BCUT2D eigenvalue weighted by molar-refractivity contribution is -0.135. The summed E-state index contributed by atoms with van der Waals surface area (Å²) in [7, 11) is 1.88. The van der Waals surface area contributed by atoms with Gasteiger partial charge in [0.05, 0.1) is 4.88 Å². The van der Waals surface area contributed by atoms with Crippen molar-refractivity contribution < 1.29 is 9.90 Å². The number of aliphatic hydroxyl groups is 1. The molecule has 0 bridgehead atoms. The first-order valence-corrected chi connectivity index (χ1v) is 7.92. The Morgan fingerprint density at radius 1 is 1.55 bits per heavy atom. The molecule has 3 nitrogen and oxygen atoms in total. The Hall–Kier alpha value is -1.31. The number of carbonyl (C=O) groups is 1. The predicted molar refractivity (Wildman–Crippen MR) is 81.3 cm³/mol. The first-order valence-electron chi connectivity index (χ1n) is 7.04. The van der Waals surface area contributed by atoms with Gasteiger partial charge in [-0.05, 0) is 35.8 Å². The molecule has 1 aromatic heterocycles. The molecule has 20 heavy (non-hydrogen) atoms. The molecule has 2 unspecified atom stereocenters. The summed E-state index contributed by atoms with van der Waals surface area (Å²) in [5, 5.41) is 10.7. The number of thiophene rings is 1. The Kier molecular flexibility index (Phi) is 5.22. The highest BCUT2D eigenvalue weighted by molar-refractivity contribution is 7.10. The van der Waals surface area contributed by atoms with E-state index in [0.29, 0.717) is 12.5 Å². The number of hydrogen-bond acceptors (Lipinski definition) is 3. The topological polar surface area (TPSA) is 40.5 Å². The molecule has 1 N–H and O–H groups in total. The van der Waals surface area contributed by atoms with Crippen LogP contribution >= 0.6 is 11.3 Å². The van der Waals surface area contributed by atoms with Crippen LogP contribution in [0.15, 0.2) is 11.4 Å². The molecule has 1 aromatic rings. The van der Waals surface area contributed by atoms with Gasteiger partial charge in [-0.15, -0.1) is 11.3 Å². The Balaban J connectivity index is 1.95. The normalized spacial score (nSPS) is 21.4. The van der Waals surface area contributed by atoms with E-state index in [4.69, 9.17) is 5.11 Å². The summed E-state index contributed by atoms with van der Waals surface area (Å²) in [6, 6.07) is 2.00. The molecule has 1 fully saturated rings. The lowest BCUT2D eigenvalue weighted by atomic mass is 9.96. The van der Waals surface area contributed by atoms with Crippen LogP contribution in [0.1, 0.15) is 36.6 Å². The maximum Gasteiger partial charge on any atom is 0.225 e. The van der Waals surface area contributed by atoms with Crippen molar-refractivity contribution in [2.75, 3.05) is 13.7 Å². The first kappa shape index (κ1) is 15.1. The number of hydrogen-bond donors (Lipinski definition) is 1. The Labute approximate surface area is 124 Å². The van der Waals surface area contributed by atoms with Gasteiger partial charge in [0.1, 0.15) is 6.61 Å². The van der Waals surface area contributed by atoms with Gasteiger partial charge in [0.15, 0.2) is 0 Å². The molecule has 0 radical (unpaired) electrons. The number of aliphatic hydroxyl groups excluding tert-OH is 1. The van der Waals surface area contributed by atoms with Crippen LogP contribution in [0.4, 0.5) is 0 Å². The summed E-state index contributed by atoms with van der Waals surface area (Å²) in [6.07, 6.45) is 3.37. The zero-order chi connectivity index (χ0) is 14.5. The van der Waals surface area contributed by atoms with Gasteiger partial charge in [-0.25, -0.2) is 0 Å². The molecule has 4 heteroatoms. The second-order valence-corrected chi connectivity index (χ2v) is 6.40. The molecule has 1 saturated carbocycles. The summed E-state index contributed by atoms with van der Waals surface area (Å²) in [5.41, 5.74) is 1.11. The summed E-state index contributed by atoms with van der Waals surface area (Å²) in [6.45, 7) is 2.70. The highest BCUT2D eigenvalue weighted by Gasteiger charge is 2.31.